The van der Waals surface area contributed by atoms with Gasteiger partial charge in [-0.3, -0.25) is 9.59 Å². The predicted octanol–water partition coefficient (Wildman–Crippen LogP) is 3.17. The van der Waals surface area contributed by atoms with E-state index in [2.05, 4.69) is 21.2 Å². The number of hydrogen-bond acceptors (Lipinski definition) is 7. The molecule has 0 unspecified atom stereocenters. The van der Waals surface area contributed by atoms with Crippen molar-refractivity contribution in [3.8, 4) is 5.75 Å². The smallest absolute Gasteiger partial charge is 0.258 e. The first kappa shape index (κ1) is 20.1. The van der Waals surface area contributed by atoms with E-state index in [1.807, 2.05) is 6.07 Å². The van der Waals surface area contributed by atoms with Crippen LogP contribution in [0.1, 0.15) is 21.7 Å². The molecule has 1 N–H and O–H groups in total. The standard InChI is InChI=1S/C19H16BrNO6S2/c20-17-4-3-16(28-17)19(23)14-8-27-15-2-1-12(7-13(14)15)26-9-18(22)21-11-5-6-29(24,25)10-11/h1-4,7-8,11H,5-6,9-10H2,(H,21,22)/t11-/m0/s1. The molecule has 0 radical (unpaired) electrons. The second-order valence-corrected chi connectivity index (χ2v) is 11.4. The van der Waals surface area contributed by atoms with Crippen LogP contribution < -0.4 is 10.1 Å². The SMILES string of the molecule is O=C(COc1ccc2occ(C(=O)c3ccc(Br)s3)c2c1)N[C@H]1CCS(=O)(=O)C1. The average molecular weight is 498 g/mol. The molecule has 0 saturated carbocycles. The largest absolute Gasteiger partial charge is 0.484 e. The molecule has 0 bridgehead atoms. The van der Waals surface area contributed by atoms with Gasteiger partial charge in [0.1, 0.15) is 17.6 Å². The lowest BCUT2D eigenvalue weighted by molar-refractivity contribution is -0.123. The predicted molar refractivity (Wildman–Crippen MR) is 112 cm³/mol. The van der Waals surface area contributed by atoms with Crippen molar-refractivity contribution in [2.45, 2.75) is 12.5 Å². The molecular formula is C19H16BrNO6S2. The molecule has 1 saturated heterocycles. The Morgan fingerprint density at radius 1 is 1.28 bits per heavy atom. The van der Waals surface area contributed by atoms with Crippen LogP contribution in [-0.4, -0.2) is 44.3 Å². The van der Waals surface area contributed by atoms with Gasteiger partial charge in [-0.05, 0) is 52.7 Å². The normalized spacial score (nSPS) is 18.0. The van der Waals surface area contributed by atoms with E-state index in [0.717, 1.165) is 3.79 Å². The summed E-state index contributed by atoms with van der Waals surface area (Å²) in [5, 5.41) is 3.27. The van der Waals surface area contributed by atoms with E-state index in [1.54, 1.807) is 24.3 Å². The monoisotopic (exact) mass is 497 g/mol. The third-order valence-electron chi connectivity index (χ3n) is 4.55. The first-order chi connectivity index (χ1) is 13.8. The number of rotatable bonds is 6. The van der Waals surface area contributed by atoms with Gasteiger partial charge in [-0.25, -0.2) is 8.42 Å². The van der Waals surface area contributed by atoms with E-state index in [0.29, 0.717) is 33.6 Å². The van der Waals surface area contributed by atoms with Gasteiger partial charge in [0, 0.05) is 11.4 Å². The number of sulfone groups is 1. The van der Waals surface area contributed by atoms with Crippen molar-refractivity contribution >= 4 is 59.8 Å². The zero-order valence-corrected chi connectivity index (χ0v) is 18.2. The minimum atomic E-state index is -3.06. The van der Waals surface area contributed by atoms with Crippen LogP contribution in [0.5, 0.6) is 5.75 Å². The Morgan fingerprint density at radius 3 is 2.79 bits per heavy atom. The Kier molecular flexibility index (Phi) is 5.50. The summed E-state index contributed by atoms with van der Waals surface area (Å²) in [5.74, 6) is -0.0807. The molecule has 152 valence electrons. The number of carbonyl (C=O) groups excluding carboxylic acids is 2. The summed E-state index contributed by atoms with van der Waals surface area (Å²) in [5.41, 5.74) is 0.956. The number of benzene rings is 1. The fourth-order valence-electron chi connectivity index (χ4n) is 3.17. The zero-order chi connectivity index (χ0) is 20.6. The molecule has 0 aliphatic carbocycles. The van der Waals surface area contributed by atoms with Crippen LogP contribution in [0.3, 0.4) is 0 Å². The van der Waals surface area contributed by atoms with Gasteiger partial charge in [-0.1, -0.05) is 0 Å². The first-order valence-electron chi connectivity index (χ1n) is 8.74. The van der Waals surface area contributed by atoms with E-state index in [1.165, 1.54) is 17.6 Å². The minimum Gasteiger partial charge on any atom is -0.484 e. The van der Waals surface area contributed by atoms with Crippen LogP contribution in [0, 0.1) is 0 Å². The van der Waals surface area contributed by atoms with Crippen LogP contribution in [0.15, 0.2) is 44.8 Å². The van der Waals surface area contributed by atoms with Crippen LogP contribution in [0.2, 0.25) is 0 Å². The van der Waals surface area contributed by atoms with Gasteiger partial charge in [0.2, 0.25) is 5.78 Å². The summed E-state index contributed by atoms with van der Waals surface area (Å²) < 4.78 is 34.8. The van der Waals surface area contributed by atoms with Crippen molar-refractivity contribution < 1.29 is 27.2 Å². The van der Waals surface area contributed by atoms with E-state index < -0.39 is 9.84 Å². The molecule has 1 amide bonds. The summed E-state index contributed by atoms with van der Waals surface area (Å²) >= 11 is 4.68. The number of amides is 1. The molecule has 1 aliphatic heterocycles. The fraction of sp³-hybridized carbons (Fsp3) is 0.263. The number of fused-ring (bicyclic) bond motifs is 1. The number of thiophene rings is 1. The highest BCUT2D eigenvalue weighted by Crippen LogP contribution is 2.30. The van der Waals surface area contributed by atoms with Gasteiger partial charge in [0.15, 0.2) is 16.4 Å². The lowest BCUT2D eigenvalue weighted by Crippen LogP contribution is -2.38. The van der Waals surface area contributed by atoms with E-state index in [-0.39, 0.29) is 35.8 Å². The Labute approximate surface area is 179 Å². The third-order valence-corrected chi connectivity index (χ3v) is 7.94. The Hall–Kier alpha value is -2.17. The van der Waals surface area contributed by atoms with Gasteiger partial charge >= 0.3 is 0 Å². The third kappa shape index (κ3) is 4.54. The molecule has 1 aromatic carbocycles. The molecule has 0 spiro atoms. The lowest BCUT2D eigenvalue weighted by Gasteiger charge is -2.11. The molecule has 2 aromatic heterocycles. The van der Waals surface area contributed by atoms with Crippen molar-refractivity contribution in [2.24, 2.45) is 0 Å². The molecule has 7 nitrogen and oxygen atoms in total. The summed E-state index contributed by atoms with van der Waals surface area (Å²) in [4.78, 5) is 25.4. The second-order valence-electron chi connectivity index (χ2n) is 6.70. The van der Waals surface area contributed by atoms with Crippen LogP contribution in [0.4, 0.5) is 0 Å². The Bertz CT molecular complexity index is 1200. The second kappa shape index (κ2) is 7.92. The van der Waals surface area contributed by atoms with E-state index in [9.17, 15) is 18.0 Å². The Balaban J connectivity index is 1.45. The van der Waals surface area contributed by atoms with Gasteiger partial charge in [-0.2, -0.15) is 0 Å². The molecule has 10 heteroatoms. The summed E-state index contributed by atoms with van der Waals surface area (Å²) in [6.07, 6.45) is 1.83. The summed E-state index contributed by atoms with van der Waals surface area (Å²) in [6, 6.07) is 8.15. The van der Waals surface area contributed by atoms with Crippen molar-refractivity contribution in [1.29, 1.82) is 0 Å². The highest BCUT2D eigenvalue weighted by atomic mass is 79.9. The molecule has 4 rings (SSSR count). The zero-order valence-electron chi connectivity index (χ0n) is 15.0. The van der Waals surface area contributed by atoms with Crippen molar-refractivity contribution in [2.75, 3.05) is 18.1 Å². The molecule has 1 fully saturated rings. The average Bonchev–Trinajstić information content (AvgIpc) is 3.37. The number of hydrogen-bond donors (Lipinski definition) is 1. The van der Waals surface area contributed by atoms with Crippen molar-refractivity contribution in [1.82, 2.24) is 5.32 Å². The fourth-order valence-corrected chi connectivity index (χ4v) is 6.18. The lowest BCUT2D eigenvalue weighted by atomic mass is 10.1. The molecule has 1 aliphatic rings. The minimum absolute atomic E-state index is 0.0377. The Morgan fingerprint density at radius 2 is 2.10 bits per heavy atom. The van der Waals surface area contributed by atoms with Crippen molar-refractivity contribution in [3.05, 3.63) is 50.8 Å². The van der Waals surface area contributed by atoms with Gasteiger partial charge in [0.05, 0.1) is 25.7 Å². The highest BCUT2D eigenvalue weighted by molar-refractivity contribution is 9.11. The molecule has 3 aromatic rings. The number of nitrogens with one attached hydrogen (secondary N) is 1. The summed E-state index contributed by atoms with van der Waals surface area (Å²) in [7, 11) is -3.06. The van der Waals surface area contributed by atoms with E-state index >= 15 is 0 Å². The number of halogens is 1. The van der Waals surface area contributed by atoms with Gasteiger partial charge in [0.25, 0.3) is 5.91 Å². The van der Waals surface area contributed by atoms with Crippen LogP contribution in [-0.2, 0) is 14.6 Å². The van der Waals surface area contributed by atoms with Crippen molar-refractivity contribution in [3.63, 3.8) is 0 Å². The van der Waals surface area contributed by atoms with Gasteiger partial charge in [-0.15, -0.1) is 11.3 Å². The molecule has 3 heterocycles. The highest BCUT2D eigenvalue weighted by Gasteiger charge is 2.29. The number of carbonyl (C=O) groups is 2. The maximum absolute atomic E-state index is 12.7. The molecule has 29 heavy (non-hydrogen) atoms. The molecular weight excluding hydrogens is 482 g/mol. The van der Waals surface area contributed by atoms with E-state index in [4.69, 9.17) is 9.15 Å². The van der Waals surface area contributed by atoms with Gasteiger partial charge < -0.3 is 14.5 Å². The summed E-state index contributed by atoms with van der Waals surface area (Å²) in [6.45, 7) is -0.249. The number of ketones is 1. The maximum Gasteiger partial charge on any atom is 0.258 e. The number of furan rings is 1. The van der Waals surface area contributed by atoms with Crippen LogP contribution >= 0.6 is 27.3 Å². The van der Waals surface area contributed by atoms with Crippen LogP contribution in [0.25, 0.3) is 11.0 Å². The quantitative estimate of drug-likeness (QED) is 0.524. The topological polar surface area (TPSA) is 103 Å². The first-order valence-corrected chi connectivity index (χ1v) is 12.2. The number of ether oxygens (including phenoxy) is 1. The molecule has 1 atom stereocenters. The maximum atomic E-state index is 12.7.